The van der Waals surface area contributed by atoms with E-state index in [-0.39, 0.29) is 11.2 Å². The molecular weight excluding hydrogens is 423 g/mol. The van der Waals surface area contributed by atoms with Gasteiger partial charge in [0, 0.05) is 24.1 Å². The van der Waals surface area contributed by atoms with E-state index in [2.05, 4.69) is 27.8 Å². The fourth-order valence-electron chi connectivity index (χ4n) is 2.72. The van der Waals surface area contributed by atoms with Gasteiger partial charge in [0.05, 0.1) is 19.5 Å². The van der Waals surface area contributed by atoms with Crippen LogP contribution in [-0.2, 0) is 5.41 Å². The van der Waals surface area contributed by atoms with Crippen LogP contribution in [0.4, 0.5) is 4.39 Å². The summed E-state index contributed by atoms with van der Waals surface area (Å²) in [7, 11) is 0. The third kappa shape index (κ3) is 3.30. The van der Waals surface area contributed by atoms with Crippen molar-refractivity contribution in [2.45, 2.75) is 18.8 Å². The van der Waals surface area contributed by atoms with Crippen LogP contribution in [0.3, 0.4) is 0 Å². The van der Waals surface area contributed by atoms with Gasteiger partial charge in [0.1, 0.15) is 5.82 Å². The summed E-state index contributed by atoms with van der Waals surface area (Å²) in [4.78, 5) is 4.64. The maximum absolute atomic E-state index is 13.4. The summed E-state index contributed by atoms with van der Waals surface area (Å²) >= 11 is 21.5. The summed E-state index contributed by atoms with van der Waals surface area (Å²) in [5, 5.41) is 1.24. The average Bonchev–Trinajstić information content (AvgIpc) is 2.91. The van der Waals surface area contributed by atoms with E-state index < -0.39 is 0 Å². The summed E-state index contributed by atoms with van der Waals surface area (Å²) in [6.45, 7) is 2.73. The number of aliphatic imine (C=N–C) groups is 1. The third-order valence-electron chi connectivity index (χ3n) is 4.11. The van der Waals surface area contributed by atoms with E-state index in [1.807, 2.05) is 12.1 Å². The number of benzene rings is 2. The van der Waals surface area contributed by atoms with Crippen molar-refractivity contribution in [1.82, 2.24) is 0 Å². The molecule has 1 heterocycles. The van der Waals surface area contributed by atoms with E-state index in [4.69, 9.17) is 34.8 Å². The van der Waals surface area contributed by atoms with Crippen LogP contribution in [0.2, 0.25) is 15.1 Å². The van der Waals surface area contributed by atoms with Crippen LogP contribution in [0.25, 0.3) is 0 Å². The van der Waals surface area contributed by atoms with E-state index in [1.165, 1.54) is 6.07 Å². The zero-order chi connectivity index (χ0) is 16.8. The number of hydrogen-bond acceptors (Lipinski definition) is 1. The van der Waals surface area contributed by atoms with Crippen molar-refractivity contribution < 1.29 is 4.39 Å². The lowest BCUT2D eigenvalue weighted by Gasteiger charge is -2.24. The second kappa shape index (κ2) is 6.36. The van der Waals surface area contributed by atoms with Crippen LogP contribution < -0.4 is 0 Å². The highest BCUT2D eigenvalue weighted by atomic mass is 79.9. The average molecular weight is 436 g/mol. The second-order valence-corrected chi connectivity index (χ2v) is 7.93. The summed E-state index contributed by atoms with van der Waals surface area (Å²) in [6.07, 6.45) is 0.722. The van der Waals surface area contributed by atoms with Crippen molar-refractivity contribution in [2.75, 3.05) is 6.54 Å². The van der Waals surface area contributed by atoms with Crippen LogP contribution >= 0.6 is 50.7 Å². The van der Waals surface area contributed by atoms with Crippen LogP contribution in [-0.4, -0.2) is 12.3 Å². The van der Waals surface area contributed by atoms with Crippen molar-refractivity contribution in [1.29, 1.82) is 0 Å². The molecule has 0 saturated heterocycles. The summed E-state index contributed by atoms with van der Waals surface area (Å²) in [6, 6.07) is 8.62. The van der Waals surface area contributed by atoms with Gasteiger partial charge in [0.25, 0.3) is 0 Å². The molecule has 0 amide bonds. The lowest BCUT2D eigenvalue weighted by molar-refractivity contribution is 0.536. The van der Waals surface area contributed by atoms with Gasteiger partial charge in [0.2, 0.25) is 0 Å². The van der Waals surface area contributed by atoms with Gasteiger partial charge in [-0.3, -0.25) is 4.99 Å². The summed E-state index contributed by atoms with van der Waals surface area (Å²) in [5.41, 5.74) is 2.63. The molecule has 120 valence electrons. The maximum atomic E-state index is 13.4. The second-order valence-electron chi connectivity index (χ2n) is 5.88. The number of nitrogens with zero attached hydrogens (tertiary/aromatic N) is 1. The van der Waals surface area contributed by atoms with E-state index in [1.54, 1.807) is 12.1 Å². The van der Waals surface area contributed by atoms with Crippen molar-refractivity contribution in [3.05, 3.63) is 66.8 Å². The van der Waals surface area contributed by atoms with E-state index in [0.717, 1.165) is 23.3 Å². The van der Waals surface area contributed by atoms with Gasteiger partial charge in [-0.2, -0.15) is 0 Å². The molecule has 0 radical (unpaired) electrons. The van der Waals surface area contributed by atoms with Crippen LogP contribution in [0.5, 0.6) is 0 Å². The minimum atomic E-state index is -0.286. The van der Waals surface area contributed by atoms with Gasteiger partial charge in [0.15, 0.2) is 0 Å². The minimum Gasteiger partial charge on any atom is -0.288 e. The van der Waals surface area contributed by atoms with Crippen LogP contribution in [0.1, 0.15) is 24.5 Å². The molecule has 0 aromatic heterocycles. The highest BCUT2D eigenvalue weighted by Gasteiger charge is 2.34. The first kappa shape index (κ1) is 17.2. The summed E-state index contributed by atoms with van der Waals surface area (Å²) < 4.78 is 13.8. The van der Waals surface area contributed by atoms with Crippen LogP contribution in [0, 0.1) is 5.82 Å². The Morgan fingerprint density at radius 1 is 1.13 bits per heavy atom. The predicted octanol–water partition coefficient (Wildman–Crippen LogP) is 6.70. The Bertz CT molecular complexity index is 798. The zero-order valence-electron chi connectivity index (χ0n) is 12.1. The van der Waals surface area contributed by atoms with Crippen LogP contribution in [0.15, 0.2) is 39.8 Å². The smallest absolute Gasteiger partial charge is 0.137 e. The monoisotopic (exact) mass is 433 g/mol. The molecule has 3 rings (SSSR count). The topological polar surface area (TPSA) is 12.4 Å². The Kier molecular flexibility index (Phi) is 4.76. The fourth-order valence-corrected chi connectivity index (χ4v) is 3.69. The molecular formula is C17H12BrCl3FN. The van der Waals surface area contributed by atoms with E-state index in [9.17, 15) is 4.39 Å². The molecule has 1 aliphatic heterocycles. The Balaban J connectivity index is 1.91. The Morgan fingerprint density at radius 3 is 2.39 bits per heavy atom. The van der Waals surface area contributed by atoms with E-state index >= 15 is 0 Å². The van der Waals surface area contributed by atoms with Gasteiger partial charge in [-0.15, -0.1) is 0 Å². The fraction of sp³-hybridized carbons (Fsp3) is 0.235. The number of halogens is 5. The molecule has 1 atom stereocenters. The Morgan fingerprint density at radius 2 is 1.78 bits per heavy atom. The largest absolute Gasteiger partial charge is 0.288 e. The quantitative estimate of drug-likeness (QED) is 0.466. The highest BCUT2D eigenvalue weighted by Crippen LogP contribution is 2.40. The van der Waals surface area contributed by atoms with Gasteiger partial charge >= 0.3 is 0 Å². The Labute approximate surface area is 157 Å². The maximum Gasteiger partial charge on any atom is 0.137 e. The molecule has 0 saturated carbocycles. The molecule has 23 heavy (non-hydrogen) atoms. The lowest BCUT2D eigenvalue weighted by atomic mass is 9.79. The minimum absolute atomic E-state index is 0.214. The first-order valence-corrected chi connectivity index (χ1v) is 8.87. The molecule has 0 fully saturated rings. The standard InChI is InChI=1S/C17H12BrCl3FN/c1-17(10-5-12(19)16(21)13(20)6-10)7-15(23-8-17)9-2-3-14(22)11(18)4-9/h2-6H,7-8H2,1H3. The molecule has 2 aromatic rings. The molecule has 6 heteroatoms. The van der Waals surface area contributed by atoms with E-state index in [0.29, 0.717) is 26.1 Å². The molecule has 0 aliphatic carbocycles. The van der Waals surface area contributed by atoms with Gasteiger partial charge in [-0.05, 0) is 51.3 Å². The van der Waals surface area contributed by atoms with Crippen molar-refractivity contribution >= 4 is 56.4 Å². The summed E-state index contributed by atoms with van der Waals surface area (Å²) in [5.74, 6) is -0.286. The molecule has 1 unspecified atom stereocenters. The van der Waals surface area contributed by atoms with Gasteiger partial charge in [-0.1, -0.05) is 47.8 Å². The Hall–Kier alpha value is -0.610. The molecule has 0 bridgehead atoms. The molecule has 0 spiro atoms. The molecule has 2 aromatic carbocycles. The van der Waals surface area contributed by atoms with Crippen molar-refractivity contribution in [2.24, 2.45) is 4.99 Å². The van der Waals surface area contributed by atoms with Gasteiger partial charge in [-0.25, -0.2) is 4.39 Å². The van der Waals surface area contributed by atoms with Crippen molar-refractivity contribution in [3.63, 3.8) is 0 Å². The lowest BCUT2D eigenvalue weighted by Crippen LogP contribution is -2.23. The predicted molar refractivity (Wildman–Crippen MR) is 98.9 cm³/mol. The van der Waals surface area contributed by atoms with Crippen molar-refractivity contribution in [3.8, 4) is 0 Å². The third-order valence-corrected chi connectivity index (χ3v) is 5.91. The number of hydrogen-bond donors (Lipinski definition) is 0. The first-order valence-electron chi connectivity index (χ1n) is 6.94. The normalized spacial score (nSPS) is 20.7. The molecule has 1 aliphatic rings. The number of rotatable bonds is 2. The molecule has 1 nitrogen and oxygen atoms in total. The zero-order valence-corrected chi connectivity index (χ0v) is 16.0. The SMILES string of the molecule is CC1(c2cc(Cl)c(Cl)c(Cl)c2)CN=C(c2ccc(F)c(Br)c2)C1. The highest BCUT2D eigenvalue weighted by molar-refractivity contribution is 9.10. The van der Waals surface area contributed by atoms with Gasteiger partial charge < -0.3 is 0 Å². The first-order chi connectivity index (χ1) is 10.8. The molecule has 0 N–H and O–H groups in total.